The molecular formula is C28H33F6NO. The monoisotopic (exact) mass is 513 g/mol. The van der Waals surface area contributed by atoms with Gasteiger partial charge in [-0.05, 0) is 68.0 Å². The van der Waals surface area contributed by atoms with Crippen molar-refractivity contribution in [3.05, 3.63) is 83.4 Å². The normalized spacial score (nSPS) is 24.1. The number of rotatable bonds is 8. The summed E-state index contributed by atoms with van der Waals surface area (Å²) in [5.74, 6) is 0.510. The van der Waals surface area contributed by atoms with E-state index in [4.69, 9.17) is 4.74 Å². The maximum absolute atomic E-state index is 13.4. The van der Waals surface area contributed by atoms with E-state index < -0.39 is 29.6 Å². The largest absolute Gasteiger partial charge is 0.416 e. The lowest BCUT2D eigenvalue weighted by Gasteiger charge is -2.44. The van der Waals surface area contributed by atoms with Crippen molar-refractivity contribution < 1.29 is 31.1 Å². The summed E-state index contributed by atoms with van der Waals surface area (Å²) in [6.07, 6.45) is -7.73. The molecule has 2 aromatic carbocycles. The molecular weight excluding hydrogens is 480 g/mol. The first-order valence-corrected chi connectivity index (χ1v) is 12.1. The second-order valence-electron chi connectivity index (χ2n) is 9.80. The van der Waals surface area contributed by atoms with E-state index in [-0.39, 0.29) is 29.6 Å². The maximum atomic E-state index is 13.4. The standard InChI is InChI=1S/C28H33F6NO/c1-5-13-35(4)17-21-11-12-25(26(18(21)2)20-9-7-6-8-10-20)36-19(3)22-14-23(27(29,30)31)16-24(15-22)28(32,33)34/h5-10,14-16,18-19,21,25-26H,1,11-13,17H2,2-4H3/t18-,19-,21-,25+,26-/m1/s1. The number of halogens is 6. The molecule has 0 heterocycles. The van der Waals surface area contributed by atoms with Crippen LogP contribution in [0.15, 0.2) is 61.2 Å². The molecule has 0 amide bonds. The second-order valence-corrected chi connectivity index (χ2v) is 9.80. The molecule has 3 rings (SSSR count). The Morgan fingerprint density at radius 3 is 2.11 bits per heavy atom. The van der Waals surface area contributed by atoms with Crippen LogP contribution in [0, 0.1) is 11.8 Å². The van der Waals surface area contributed by atoms with Crippen LogP contribution in [0.5, 0.6) is 0 Å². The van der Waals surface area contributed by atoms with E-state index in [1.165, 1.54) is 6.92 Å². The first-order valence-electron chi connectivity index (χ1n) is 12.1. The predicted molar refractivity (Wildman–Crippen MR) is 128 cm³/mol. The summed E-state index contributed by atoms with van der Waals surface area (Å²) >= 11 is 0. The molecule has 2 nitrogen and oxygen atoms in total. The highest BCUT2D eigenvalue weighted by Gasteiger charge is 2.41. The van der Waals surface area contributed by atoms with Gasteiger partial charge in [-0.2, -0.15) is 26.3 Å². The molecule has 1 saturated carbocycles. The summed E-state index contributed by atoms with van der Waals surface area (Å²) < 4.78 is 86.5. The summed E-state index contributed by atoms with van der Waals surface area (Å²) in [6.45, 7) is 9.08. The molecule has 1 aliphatic carbocycles. The molecule has 0 spiro atoms. The Bertz CT molecular complexity index is 971. The second kappa shape index (κ2) is 11.4. The zero-order chi connectivity index (χ0) is 26.7. The number of hydrogen-bond donors (Lipinski definition) is 0. The Morgan fingerprint density at radius 1 is 1.00 bits per heavy atom. The molecule has 0 unspecified atom stereocenters. The van der Waals surface area contributed by atoms with Crippen molar-refractivity contribution in [1.82, 2.24) is 4.90 Å². The van der Waals surface area contributed by atoms with Gasteiger partial charge in [-0.15, -0.1) is 6.58 Å². The minimum Gasteiger partial charge on any atom is -0.370 e. The van der Waals surface area contributed by atoms with Crippen molar-refractivity contribution in [2.75, 3.05) is 20.1 Å². The number of likely N-dealkylation sites (N-methyl/N-ethyl adjacent to an activating group) is 1. The zero-order valence-corrected chi connectivity index (χ0v) is 20.7. The fourth-order valence-electron chi connectivity index (χ4n) is 5.31. The van der Waals surface area contributed by atoms with E-state index in [0.29, 0.717) is 12.3 Å². The SMILES string of the molecule is C=CCN(C)C[C@H]1CC[C@H](O[C@H](C)c2cc(C(F)(F)F)cc(C(F)(F)F)c2)[C@@H](c2ccccc2)[C@@H]1C. The number of hydrogen-bond acceptors (Lipinski definition) is 2. The average Bonchev–Trinajstić information content (AvgIpc) is 2.80. The first kappa shape index (κ1) is 28.3. The van der Waals surface area contributed by atoms with Gasteiger partial charge in [0.25, 0.3) is 0 Å². The summed E-state index contributed by atoms with van der Waals surface area (Å²) in [4.78, 5) is 2.20. The fourth-order valence-corrected chi connectivity index (χ4v) is 5.31. The number of alkyl halides is 6. The Morgan fingerprint density at radius 2 is 1.58 bits per heavy atom. The predicted octanol–water partition coefficient (Wildman–Crippen LogP) is 8.12. The third kappa shape index (κ3) is 6.91. The van der Waals surface area contributed by atoms with Gasteiger partial charge in [0.05, 0.1) is 23.3 Å². The van der Waals surface area contributed by atoms with Gasteiger partial charge in [0.15, 0.2) is 0 Å². The van der Waals surface area contributed by atoms with Crippen molar-refractivity contribution in [1.29, 1.82) is 0 Å². The number of nitrogens with zero attached hydrogens (tertiary/aromatic N) is 1. The molecule has 0 radical (unpaired) electrons. The van der Waals surface area contributed by atoms with Crippen LogP contribution in [0.3, 0.4) is 0 Å². The number of ether oxygens (including phenoxy) is 1. The molecule has 2 aromatic rings. The van der Waals surface area contributed by atoms with E-state index in [9.17, 15) is 26.3 Å². The molecule has 36 heavy (non-hydrogen) atoms. The first-order chi connectivity index (χ1) is 16.8. The summed E-state index contributed by atoms with van der Waals surface area (Å²) in [7, 11) is 2.03. The Kier molecular flexibility index (Phi) is 8.93. The highest BCUT2D eigenvalue weighted by Crippen LogP contribution is 2.45. The molecule has 0 N–H and O–H groups in total. The molecule has 0 aromatic heterocycles. The van der Waals surface area contributed by atoms with Gasteiger partial charge < -0.3 is 9.64 Å². The van der Waals surface area contributed by atoms with Crippen LogP contribution in [0.2, 0.25) is 0 Å². The summed E-state index contributed by atoms with van der Waals surface area (Å²) in [6, 6.07) is 11.4. The molecule has 0 bridgehead atoms. The molecule has 0 saturated heterocycles. The van der Waals surface area contributed by atoms with E-state index in [1.54, 1.807) is 0 Å². The van der Waals surface area contributed by atoms with Gasteiger partial charge in [0, 0.05) is 19.0 Å². The highest BCUT2D eigenvalue weighted by atomic mass is 19.4. The molecule has 8 heteroatoms. The Labute approximate surface area is 208 Å². The molecule has 0 aliphatic heterocycles. The summed E-state index contributed by atoms with van der Waals surface area (Å²) in [5.41, 5.74) is -1.74. The lowest BCUT2D eigenvalue weighted by molar-refractivity contribution is -0.143. The molecule has 198 valence electrons. The Balaban J connectivity index is 1.90. The van der Waals surface area contributed by atoms with Crippen LogP contribution in [-0.4, -0.2) is 31.1 Å². The topological polar surface area (TPSA) is 12.5 Å². The van der Waals surface area contributed by atoms with E-state index in [0.717, 1.165) is 37.2 Å². The van der Waals surface area contributed by atoms with Crippen LogP contribution in [0.25, 0.3) is 0 Å². The minimum absolute atomic E-state index is 0.0441. The van der Waals surface area contributed by atoms with Gasteiger partial charge >= 0.3 is 12.4 Å². The van der Waals surface area contributed by atoms with Gasteiger partial charge in [-0.1, -0.05) is 43.3 Å². The maximum Gasteiger partial charge on any atom is 0.416 e. The van der Waals surface area contributed by atoms with Crippen LogP contribution < -0.4 is 0 Å². The third-order valence-electron chi connectivity index (χ3n) is 7.16. The third-order valence-corrected chi connectivity index (χ3v) is 7.16. The fraction of sp³-hybridized carbons (Fsp3) is 0.500. The van der Waals surface area contributed by atoms with Crippen molar-refractivity contribution in [2.45, 2.75) is 57.2 Å². The summed E-state index contributed by atoms with van der Waals surface area (Å²) in [5, 5.41) is 0. The van der Waals surface area contributed by atoms with Gasteiger partial charge in [0.1, 0.15) is 0 Å². The van der Waals surface area contributed by atoms with Gasteiger partial charge in [-0.3, -0.25) is 0 Å². The zero-order valence-electron chi connectivity index (χ0n) is 20.7. The van der Waals surface area contributed by atoms with Crippen LogP contribution in [-0.2, 0) is 17.1 Å². The molecule has 1 aliphatic rings. The van der Waals surface area contributed by atoms with Crippen molar-refractivity contribution in [3.63, 3.8) is 0 Å². The van der Waals surface area contributed by atoms with Crippen molar-refractivity contribution >= 4 is 0 Å². The van der Waals surface area contributed by atoms with Crippen LogP contribution >= 0.6 is 0 Å². The average molecular weight is 514 g/mol. The highest BCUT2D eigenvalue weighted by molar-refractivity contribution is 5.35. The van der Waals surface area contributed by atoms with Crippen LogP contribution in [0.1, 0.15) is 61.0 Å². The molecule has 5 atom stereocenters. The van der Waals surface area contributed by atoms with Crippen molar-refractivity contribution in [2.24, 2.45) is 11.8 Å². The lowest BCUT2D eigenvalue weighted by Crippen LogP contribution is -2.41. The van der Waals surface area contributed by atoms with E-state index in [1.807, 2.05) is 43.5 Å². The van der Waals surface area contributed by atoms with Gasteiger partial charge in [-0.25, -0.2) is 0 Å². The van der Waals surface area contributed by atoms with E-state index >= 15 is 0 Å². The van der Waals surface area contributed by atoms with Gasteiger partial charge in [0.2, 0.25) is 0 Å². The lowest BCUT2D eigenvalue weighted by atomic mass is 9.68. The van der Waals surface area contributed by atoms with E-state index in [2.05, 4.69) is 18.4 Å². The quantitative estimate of drug-likeness (QED) is 0.261. The van der Waals surface area contributed by atoms with Crippen molar-refractivity contribution in [3.8, 4) is 0 Å². The van der Waals surface area contributed by atoms with Crippen LogP contribution in [0.4, 0.5) is 26.3 Å². The molecule has 1 fully saturated rings. The minimum atomic E-state index is -4.90. The number of benzene rings is 2. The smallest absolute Gasteiger partial charge is 0.370 e. The Hall–Kier alpha value is -2.32.